The molecule has 2 fully saturated rings. The largest absolute Gasteiger partial charge is 0.396 e. The van der Waals surface area contributed by atoms with Gasteiger partial charge in [-0.05, 0) is 38.6 Å². The van der Waals surface area contributed by atoms with E-state index in [0.29, 0.717) is 24.5 Å². The molecule has 2 saturated heterocycles. The summed E-state index contributed by atoms with van der Waals surface area (Å²) < 4.78 is 5.38. The number of hydrogen-bond donors (Lipinski definition) is 1. The SMILES string of the molecule is CC(C)N1CCC(C(CO)CN2CCOCC2)C1. The van der Waals surface area contributed by atoms with Gasteiger partial charge >= 0.3 is 0 Å². The predicted octanol–water partition coefficient (Wildman–Crippen LogP) is 0.657. The number of hydrogen-bond acceptors (Lipinski definition) is 4. The van der Waals surface area contributed by atoms with E-state index < -0.39 is 0 Å². The molecule has 0 spiro atoms. The van der Waals surface area contributed by atoms with E-state index in [1.165, 1.54) is 13.0 Å². The zero-order chi connectivity index (χ0) is 13.0. The zero-order valence-electron chi connectivity index (χ0n) is 11.8. The van der Waals surface area contributed by atoms with Crippen LogP contribution in [0, 0.1) is 11.8 Å². The summed E-state index contributed by atoms with van der Waals surface area (Å²) in [5, 5.41) is 9.67. The van der Waals surface area contributed by atoms with E-state index in [-0.39, 0.29) is 0 Å². The van der Waals surface area contributed by atoms with Gasteiger partial charge in [0.15, 0.2) is 0 Å². The molecule has 0 amide bonds. The highest BCUT2D eigenvalue weighted by Crippen LogP contribution is 2.26. The zero-order valence-corrected chi connectivity index (χ0v) is 11.8. The Bertz CT molecular complexity index is 242. The average molecular weight is 256 g/mol. The second-order valence-electron chi connectivity index (χ2n) is 5.99. The lowest BCUT2D eigenvalue weighted by molar-refractivity contribution is 0.0184. The summed E-state index contributed by atoms with van der Waals surface area (Å²) in [6.45, 7) is 12.0. The van der Waals surface area contributed by atoms with Crippen LogP contribution in [0.3, 0.4) is 0 Å². The number of aliphatic hydroxyl groups excluding tert-OH is 1. The second kappa shape index (κ2) is 6.85. The molecule has 0 aromatic heterocycles. The van der Waals surface area contributed by atoms with Gasteiger partial charge in [0.2, 0.25) is 0 Å². The summed E-state index contributed by atoms with van der Waals surface area (Å²) >= 11 is 0. The highest BCUT2D eigenvalue weighted by molar-refractivity contribution is 4.84. The Balaban J connectivity index is 1.81. The summed E-state index contributed by atoms with van der Waals surface area (Å²) in [4.78, 5) is 4.98. The molecule has 4 nitrogen and oxygen atoms in total. The first kappa shape index (κ1) is 14.3. The van der Waals surface area contributed by atoms with Crippen molar-refractivity contribution in [1.29, 1.82) is 0 Å². The van der Waals surface area contributed by atoms with E-state index in [4.69, 9.17) is 4.74 Å². The van der Waals surface area contributed by atoms with Crippen LogP contribution in [-0.4, -0.2) is 73.5 Å². The fraction of sp³-hybridized carbons (Fsp3) is 1.00. The van der Waals surface area contributed by atoms with Crippen molar-refractivity contribution in [3.8, 4) is 0 Å². The minimum atomic E-state index is 0.327. The fourth-order valence-corrected chi connectivity index (χ4v) is 3.14. The van der Waals surface area contributed by atoms with E-state index in [9.17, 15) is 5.11 Å². The predicted molar refractivity (Wildman–Crippen MR) is 72.7 cm³/mol. The Kier molecular flexibility index (Phi) is 5.42. The molecule has 0 bridgehead atoms. The number of nitrogens with zero attached hydrogens (tertiary/aromatic N) is 2. The number of likely N-dealkylation sites (tertiary alicyclic amines) is 1. The van der Waals surface area contributed by atoms with Crippen molar-refractivity contribution in [2.24, 2.45) is 11.8 Å². The Morgan fingerprint density at radius 3 is 2.50 bits per heavy atom. The van der Waals surface area contributed by atoms with E-state index in [1.807, 2.05) is 0 Å². The van der Waals surface area contributed by atoms with E-state index in [2.05, 4.69) is 23.6 Å². The summed E-state index contributed by atoms with van der Waals surface area (Å²) in [5.74, 6) is 1.10. The van der Waals surface area contributed by atoms with Crippen molar-refractivity contribution < 1.29 is 9.84 Å². The van der Waals surface area contributed by atoms with E-state index in [1.54, 1.807) is 0 Å². The first-order chi connectivity index (χ1) is 8.70. The number of morpholine rings is 1. The summed E-state index contributed by atoms with van der Waals surface area (Å²) in [7, 11) is 0. The minimum Gasteiger partial charge on any atom is -0.396 e. The second-order valence-corrected chi connectivity index (χ2v) is 5.99. The maximum absolute atomic E-state index is 9.67. The van der Waals surface area contributed by atoms with Crippen LogP contribution in [0.25, 0.3) is 0 Å². The van der Waals surface area contributed by atoms with E-state index in [0.717, 1.165) is 39.4 Å². The van der Waals surface area contributed by atoms with Crippen LogP contribution in [0.15, 0.2) is 0 Å². The number of ether oxygens (including phenoxy) is 1. The highest BCUT2D eigenvalue weighted by Gasteiger charge is 2.31. The molecule has 0 aromatic rings. The molecular formula is C14H28N2O2. The van der Waals surface area contributed by atoms with Gasteiger partial charge in [0, 0.05) is 38.8 Å². The van der Waals surface area contributed by atoms with Crippen LogP contribution in [0.4, 0.5) is 0 Å². The Hall–Kier alpha value is -0.160. The van der Waals surface area contributed by atoms with Gasteiger partial charge in [0.05, 0.1) is 13.2 Å². The summed E-state index contributed by atoms with van der Waals surface area (Å²) in [5.41, 5.74) is 0. The van der Waals surface area contributed by atoms with Crippen LogP contribution in [-0.2, 0) is 4.74 Å². The molecule has 18 heavy (non-hydrogen) atoms. The lowest BCUT2D eigenvalue weighted by atomic mass is 9.91. The van der Waals surface area contributed by atoms with Gasteiger partial charge in [-0.1, -0.05) is 0 Å². The Morgan fingerprint density at radius 1 is 1.22 bits per heavy atom. The lowest BCUT2D eigenvalue weighted by Gasteiger charge is -2.32. The molecule has 2 atom stereocenters. The van der Waals surface area contributed by atoms with Crippen molar-refractivity contribution in [2.45, 2.75) is 26.3 Å². The third kappa shape index (κ3) is 3.67. The van der Waals surface area contributed by atoms with Crippen LogP contribution in [0.5, 0.6) is 0 Å². The smallest absolute Gasteiger partial charge is 0.0594 e. The standard InChI is InChI=1S/C14H28N2O2/c1-12(2)16-4-3-13(10-16)14(11-17)9-15-5-7-18-8-6-15/h12-14,17H,3-11H2,1-2H3. The molecule has 2 heterocycles. The molecule has 4 heteroatoms. The van der Waals surface area contributed by atoms with Crippen molar-refractivity contribution in [3.05, 3.63) is 0 Å². The Morgan fingerprint density at radius 2 is 1.94 bits per heavy atom. The topological polar surface area (TPSA) is 35.9 Å². The van der Waals surface area contributed by atoms with Crippen molar-refractivity contribution in [1.82, 2.24) is 9.80 Å². The van der Waals surface area contributed by atoms with Gasteiger partial charge in [0.1, 0.15) is 0 Å². The quantitative estimate of drug-likeness (QED) is 0.784. The van der Waals surface area contributed by atoms with Crippen LogP contribution in [0.1, 0.15) is 20.3 Å². The van der Waals surface area contributed by atoms with Crippen molar-refractivity contribution >= 4 is 0 Å². The summed E-state index contributed by atoms with van der Waals surface area (Å²) in [6, 6.07) is 0.637. The Labute approximate surface area is 111 Å². The van der Waals surface area contributed by atoms with Gasteiger partial charge in [-0.3, -0.25) is 4.90 Å². The van der Waals surface area contributed by atoms with Crippen LogP contribution >= 0.6 is 0 Å². The molecule has 0 aliphatic carbocycles. The molecule has 0 aromatic carbocycles. The van der Waals surface area contributed by atoms with Gasteiger partial charge in [-0.2, -0.15) is 0 Å². The highest BCUT2D eigenvalue weighted by atomic mass is 16.5. The molecule has 106 valence electrons. The minimum absolute atomic E-state index is 0.327. The molecular weight excluding hydrogens is 228 g/mol. The average Bonchev–Trinajstić information content (AvgIpc) is 2.87. The lowest BCUT2D eigenvalue weighted by Crippen LogP contribution is -2.42. The number of rotatable bonds is 5. The van der Waals surface area contributed by atoms with Crippen molar-refractivity contribution in [2.75, 3.05) is 52.5 Å². The van der Waals surface area contributed by atoms with Gasteiger partial charge < -0.3 is 14.7 Å². The summed E-state index contributed by atoms with van der Waals surface area (Å²) in [6.07, 6.45) is 1.24. The monoisotopic (exact) mass is 256 g/mol. The first-order valence-corrected chi connectivity index (χ1v) is 7.35. The molecule has 2 aliphatic rings. The van der Waals surface area contributed by atoms with Gasteiger partial charge in [0.25, 0.3) is 0 Å². The third-order valence-corrected chi connectivity index (χ3v) is 4.48. The number of aliphatic hydroxyl groups is 1. The molecule has 2 aliphatic heterocycles. The fourth-order valence-electron chi connectivity index (χ4n) is 3.14. The molecule has 0 saturated carbocycles. The van der Waals surface area contributed by atoms with E-state index >= 15 is 0 Å². The van der Waals surface area contributed by atoms with Gasteiger partial charge in [-0.15, -0.1) is 0 Å². The maximum atomic E-state index is 9.67. The maximum Gasteiger partial charge on any atom is 0.0594 e. The van der Waals surface area contributed by atoms with Gasteiger partial charge in [-0.25, -0.2) is 0 Å². The first-order valence-electron chi connectivity index (χ1n) is 7.35. The van der Waals surface area contributed by atoms with Crippen molar-refractivity contribution in [3.63, 3.8) is 0 Å². The van der Waals surface area contributed by atoms with Crippen LogP contribution in [0.2, 0.25) is 0 Å². The normalized spacial score (nSPS) is 29.0. The van der Waals surface area contributed by atoms with Crippen LogP contribution < -0.4 is 0 Å². The third-order valence-electron chi connectivity index (χ3n) is 4.48. The molecule has 0 radical (unpaired) electrons. The molecule has 2 unspecified atom stereocenters. The molecule has 2 rings (SSSR count). The molecule has 1 N–H and O–H groups in total.